The number of nitrogens with one attached hydrogen (secondary N) is 1. The quantitative estimate of drug-likeness (QED) is 0.712. The average molecular weight is 353 g/mol. The number of anilines is 1. The highest BCUT2D eigenvalue weighted by Gasteiger charge is 2.11. The van der Waals surface area contributed by atoms with Crippen molar-refractivity contribution in [1.82, 2.24) is 20.0 Å². The fourth-order valence-electron chi connectivity index (χ4n) is 2.47. The molecule has 0 radical (unpaired) electrons. The smallest absolute Gasteiger partial charge is 0.250 e. The van der Waals surface area contributed by atoms with Crippen molar-refractivity contribution in [3.05, 3.63) is 58.4 Å². The molecule has 0 unspecified atom stereocenters. The number of rotatable bonds is 5. The number of benzene rings is 1. The fraction of sp³-hybridized carbons (Fsp3) is 0.222. The molecular weight excluding hydrogens is 334 g/mol. The minimum absolute atomic E-state index is 0.231. The van der Waals surface area contributed by atoms with Gasteiger partial charge in [0.25, 0.3) is 0 Å². The highest BCUT2D eigenvalue weighted by molar-refractivity contribution is 7.15. The molecule has 0 saturated carbocycles. The first-order valence-corrected chi connectivity index (χ1v) is 8.83. The molecule has 3 rings (SSSR count). The van der Waals surface area contributed by atoms with Crippen molar-refractivity contribution in [3.8, 4) is 5.69 Å². The van der Waals surface area contributed by atoms with Crippen molar-refractivity contribution in [3.63, 3.8) is 0 Å². The van der Waals surface area contributed by atoms with Crippen LogP contribution in [0.5, 0.6) is 0 Å². The lowest BCUT2D eigenvalue weighted by Gasteiger charge is -2.03. The summed E-state index contributed by atoms with van der Waals surface area (Å²) in [5, 5.41) is 16.7. The van der Waals surface area contributed by atoms with Gasteiger partial charge >= 0.3 is 0 Å². The molecule has 3 aromatic rings. The summed E-state index contributed by atoms with van der Waals surface area (Å²) in [6, 6.07) is 9.92. The van der Waals surface area contributed by atoms with E-state index in [9.17, 15) is 4.79 Å². The average Bonchev–Trinajstić information content (AvgIpc) is 3.18. The van der Waals surface area contributed by atoms with Gasteiger partial charge in [0.05, 0.1) is 11.4 Å². The molecule has 6 nitrogen and oxygen atoms in total. The predicted octanol–water partition coefficient (Wildman–Crippen LogP) is 3.55. The van der Waals surface area contributed by atoms with Gasteiger partial charge in [0, 0.05) is 17.3 Å². The van der Waals surface area contributed by atoms with Gasteiger partial charge in [-0.25, -0.2) is 4.68 Å². The van der Waals surface area contributed by atoms with Gasteiger partial charge < -0.3 is 0 Å². The van der Waals surface area contributed by atoms with Crippen molar-refractivity contribution < 1.29 is 4.79 Å². The summed E-state index contributed by atoms with van der Waals surface area (Å²) in [5.41, 5.74) is 3.78. The van der Waals surface area contributed by atoms with Gasteiger partial charge in [-0.2, -0.15) is 5.10 Å². The molecule has 0 spiro atoms. The highest BCUT2D eigenvalue weighted by Crippen LogP contribution is 2.19. The molecule has 0 aliphatic heterocycles. The third-order valence-electron chi connectivity index (χ3n) is 3.75. The van der Waals surface area contributed by atoms with E-state index in [0.717, 1.165) is 34.1 Å². The molecule has 128 valence electrons. The van der Waals surface area contributed by atoms with Crippen molar-refractivity contribution in [1.29, 1.82) is 0 Å². The van der Waals surface area contributed by atoms with Crippen LogP contribution in [0.1, 0.15) is 28.9 Å². The lowest BCUT2D eigenvalue weighted by molar-refractivity contribution is -0.111. The summed E-state index contributed by atoms with van der Waals surface area (Å²) in [7, 11) is 0. The zero-order chi connectivity index (χ0) is 17.8. The van der Waals surface area contributed by atoms with E-state index in [0.29, 0.717) is 5.13 Å². The van der Waals surface area contributed by atoms with Gasteiger partial charge in [0.2, 0.25) is 11.0 Å². The number of carbonyl (C=O) groups excluding carboxylic acids is 1. The molecule has 1 aromatic carbocycles. The summed E-state index contributed by atoms with van der Waals surface area (Å²) in [4.78, 5) is 12.1. The van der Waals surface area contributed by atoms with Crippen molar-refractivity contribution in [2.24, 2.45) is 0 Å². The van der Waals surface area contributed by atoms with E-state index in [2.05, 4.69) is 20.6 Å². The standard InChI is InChI=1S/C18H19N5OS/c1-4-17-20-21-18(25-17)19-16(24)11-10-15-12(2)22-23(13(15)3)14-8-6-5-7-9-14/h5-11H,4H2,1-3H3,(H,19,21,24)/b11-10+. The van der Waals surface area contributed by atoms with E-state index >= 15 is 0 Å². The monoisotopic (exact) mass is 353 g/mol. The van der Waals surface area contributed by atoms with E-state index in [1.807, 2.05) is 55.8 Å². The Labute approximate surface area is 150 Å². The molecule has 0 aliphatic carbocycles. The molecule has 1 amide bonds. The number of hydrogen-bond donors (Lipinski definition) is 1. The van der Waals surface area contributed by atoms with Crippen LogP contribution >= 0.6 is 11.3 Å². The highest BCUT2D eigenvalue weighted by atomic mass is 32.1. The van der Waals surface area contributed by atoms with E-state index in [4.69, 9.17) is 0 Å². The number of para-hydroxylation sites is 1. The number of nitrogens with zero attached hydrogens (tertiary/aromatic N) is 4. The zero-order valence-electron chi connectivity index (χ0n) is 14.4. The first kappa shape index (κ1) is 17.0. The summed E-state index contributed by atoms with van der Waals surface area (Å²) >= 11 is 1.39. The van der Waals surface area contributed by atoms with Gasteiger partial charge in [-0.1, -0.05) is 36.5 Å². The van der Waals surface area contributed by atoms with Crippen LogP contribution in [0.25, 0.3) is 11.8 Å². The predicted molar refractivity (Wildman–Crippen MR) is 100.0 cm³/mol. The van der Waals surface area contributed by atoms with Gasteiger partial charge in [-0.3, -0.25) is 10.1 Å². The molecule has 0 atom stereocenters. The normalized spacial score (nSPS) is 11.2. The molecule has 1 N–H and O–H groups in total. The summed E-state index contributed by atoms with van der Waals surface area (Å²) in [6.45, 7) is 5.92. The van der Waals surface area contributed by atoms with E-state index < -0.39 is 0 Å². The van der Waals surface area contributed by atoms with Crippen LogP contribution in [0.4, 0.5) is 5.13 Å². The topological polar surface area (TPSA) is 72.7 Å². The Hall–Kier alpha value is -2.80. The van der Waals surface area contributed by atoms with Crippen LogP contribution in [-0.2, 0) is 11.2 Å². The van der Waals surface area contributed by atoms with Gasteiger partial charge in [-0.05, 0) is 38.5 Å². The molecule has 0 bridgehead atoms. The molecule has 25 heavy (non-hydrogen) atoms. The summed E-state index contributed by atoms with van der Waals surface area (Å²) < 4.78 is 1.88. The third-order valence-corrected chi connectivity index (χ3v) is 4.73. The zero-order valence-corrected chi connectivity index (χ0v) is 15.2. The first-order chi connectivity index (χ1) is 12.1. The maximum atomic E-state index is 12.1. The summed E-state index contributed by atoms with van der Waals surface area (Å²) in [6.07, 6.45) is 4.09. The molecule has 0 aliphatic rings. The van der Waals surface area contributed by atoms with E-state index in [-0.39, 0.29) is 5.91 Å². The van der Waals surface area contributed by atoms with Crippen LogP contribution in [0.15, 0.2) is 36.4 Å². The first-order valence-electron chi connectivity index (χ1n) is 8.01. The minimum Gasteiger partial charge on any atom is -0.297 e. The maximum absolute atomic E-state index is 12.1. The van der Waals surface area contributed by atoms with Gasteiger partial charge in [0.1, 0.15) is 5.01 Å². The Morgan fingerprint density at radius 1 is 1.24 bits per heavy atom. The molecule has 0 fully saturated rings. The van der Waals surface area contributed by atoms with Crippen molar-refractivity contribution >= 4 is 28.5 Å². The van der Waals surface area contributed by atoms with Crippen molar-refractivity contribution in [2.45, 2.75) is 27.2 Å². The Morgan fingerprint density at radius 2 is 2.00 bits per heavy atom. The Balaban J connectivity index is 1.77. The van der Waals surface area contributed by atoms with Crippen LogP contribution in [0, 0.1) is 13.8 Å². The molecule has 2 heterocycles. The minimum atomic E-state index is -0.231. The number of aromatic nitrogens is 4. The van der Waals surface area contributed by atoms with Crippen LogP contribution in [-0.4, -0.2) is 25.9 Å². The molecule has 2 aromatic heterocycles. The Bertz CT molecular complexity index is 911. The summed E-state index contributed by atoms with van der Waals surface area (Å²) in [5.74, 6) is -0.231. The second kappa shape index (κ2) is 7.40. The second-order valence-corrected chi connectivity index (χ2v) is 6.57. The largest absolute Gasteiger partial charge is 0.297 e. The number of aryl methyl sites for hydroxylation is 2. The van der Waals surface area contributed by atoms with E-state index in [1.54, 1.807) is 6.08 Å². The Kier molecular flexibility index (Phi) is 5.04. The second-order valence-electron chi connectivity index (χ2n) is 5.51. The van der Waals surface area contributed by atoms with E-state index in [1.165, 1.54) is 17.4 Å². The van der Waals surface area contributed by atoms with Crippen LogP contribution in [0.2, 0.25) is 0 Å². The third kappa shape index (κ3) is 3.83. The lowest BCUT2D eigenvalue weighted by atomic mass is 10.2. The van der Waals surface area contributed by atoms with Gasteiger partial charge in [-0.15, -0.1) is 10.2 Å². The molecule has 7 heteroatoms. The molecule has 0 saturated heterocycles. The van der Waals surface area contributed by atoms with Gasteiger partial charge in [0.15, 0.2) is 0 Å². The number of carbonyl (C=O) groups is 1. The van der Waals surface area contributed by atoms with Crippen LogP contribution in [0.3, 0.4) is 0 Å². The Morgan fingerprint density at radius 3 is 2.68 bits per heavy atom. The van der Waals surface area contributed by atoms with Crippen molar-refractivity contribution in [2.75, 3.05) is 5.32 Å². The number of amides is 1. The molecular formula is C18H19N5OS. The number of hydrogen-bond acceptors (Lipinski definition) is 5. The lowest BCUT2D eigenvalue weighted by Crippen LogP contribution is -2.07. The fourth-order valence-corrected chi connectivity index (χ4v) is 3.15. The maximum Gasteiger partial charge on any atom is 0.250 e. The SMILES string of the molecule is CCc1nnc(NC(=O)/C=C/c2c(C)nn(-c3ccccc3)c2C)s1. The van der Waals surface area contributed by atoms with Crippen LogP contribution < -0.4 is 5.32 Å².